The SMILES string of the molecule is CN1CCCN(C2CCN(C(=O)OC(C)(C)C)CC2)C(Cc2ccc(Cl)cc2)C1.CN1CCCNC(Cc2ccc(Cl)cc2)C1.O=C1CCCCC1. The minimum Gasteiger partial charge on any atom is -0.444 e. The number of piperidine rings is 1. The average molecular weight is 759 g/mol. The second-order valence-electron chi connectivity index (χ2n) is 16.2. The standard InChI is InChI=1S/C23H36ClN3O2.C13H19ClN2.C6H10O/c1-23(2,3)29-22(28)26-14-10-20(11-15-26)27-13-5-12-25(4)17-21(27)16-18-6-8-19(24)9-7-18;1-16-8-2-7-15-13(10-16)9-11-3-5-12(14)6-4-11;7-6-4-2-1-3-5-6/h6-9,20-21H,5,10-17H2,1-4H3;3-6,13,15H,2,7-10H2,1H3;1-5H2. The zero-order chi connectivity index (χ0) is 37.5. The second-order valence-corrected chi connectivity index (χ2v) is 17.1. The number of nitrogens with zero attached hydrogens (tertiary/aromatic N) is 4. The van der Waals surface area contributed by atoms with E-state index in [0.29, 0.717) is 23.9 Å². The normalized spacial score (nSPS) is 23.0. The van der Waals surface area contributed by atoms with Crippen LogP contribution < -0.4 is 5.32 Å². The van der Waals surface area contributed by atoms with E-state index in [9.17, 15) is 9.59 Å². The van der Waals surface area contributed by atoms with Crippen LogP contribution in [0.25, 0.3) is 0 Å². The molecule has 2 unspecified atom stereocenters. The maximum absolute atomic E-state index is 12.4. The summed E-state index contributed by atoms with van der Waals surface area (Å²) in [6.07, 6.45) is 11.6. The van der Waals surface area contributed by atoms with E-state index < -0.39 is 5.60 Å². The van der Waals surface area contributed by atoms with Crippen molar-refractivity contribution in [3.63, 3.8) is 0 Å². The van der Waals surface area contributed by atoms with Crippen LogP contribution in [0.3, 0.4) is 0 Å². The summed E-state index contributed by atoms with van der Waals surface area (Å²) in [7, 11) is 4.42. The number of hydrogen-bond acceptors (Lipinski definition) is 7. The molecule has 3 saturated heterocycles. The number of ether oxygens (including phenoxy) is 1. The molecular weight excluding hydrogens is 693 g/mol. The topological polar surface area (TPSA) is 68.4 Å². The third-order valence-corrected chi connectivity index (χ3v) is 10.9. The van der Waals surface area contributed by atoms with Gasteiger partial charge in [-0.05, 0) is 141 Å². The summed E-state index contributed by atoms with van der Waals surface area (Å²) in [5, 5.41) is 5.20. The minimum absolute atomic E-state index is 0.177. The van der Waals surface area contributed by atoms with Crippen molar-refractivity contribution < 1.29 is 14.3 Å². The molecule has 0 spiro atoms. The lowest BCUT2D eigenvalue weighted by molar-refractivity contribution is -0.120. The largest absolute Gasteiger partial charge is 0.444 e. The third-order valence-electron chi connectivity index (χ3n) is 10.4. The van der Waals surface area contributed by atoms with Gasteiger partial charge in [-0.1, -0.05) is 53.9 Å². The predicted molar refractivity (Wildman–Crippen MR) is 216 cm³/mol. The van der Waals surface area contributed by atoms with Gasteiger partial charge >= 0.3 is 6.09 Å². The lowest BCUT2D eigenvalue weighted by atomic mass is 9.97. The van der Waals surface area contributed by atoms with E-state index in [1.807, 2.05) is 49.9 Å². The summed E-state index contributed by atoms with van der Waals surface area (Å²) in [5.41, 5.74) is 2.26. The molecule has 3 heterocycles. The number of benzene rings is 2. The number of likely N-dealkylation sites (tertiary alicyclic amines) is 1. The first kappa shape index (κ1) is 42.5. The zero-order valence-electron chi connectivity index (χ0n) is 32.6. The van der Waals surface area contributed by atoms with E-state index in [-0.39, 0.29) is 6.09 Å². The van der Waals surface area contributed by atoms with E-state index in [2.05, 4.69) is 58.4 Å². The molecule has 4 aliphatic rings. The molecule has 1 aliphatic carbocycles. The fourth-order valence-corrected chi connectivity index (χ4v) is 7.95. The molecule has 3 aliphatic heterocycles. The quantitative estimate of drug-likeness (QED) is 0.332. The van der Waals surface area contributed by atoms with Gasteiger partial charge in [0.25, 0.3) is 0 Å². The number of carbonyl (C=O) groups excluding carboxylic acids is 2. The van der Waals surface area contributed by atoms with Crippen molar-refractivity contribution in [1.82, 2.24) is 24.9 Å². The van der Waals surface area contributed by atoms with Gasteiger partial charge in [0.05, 0.1) is 0 Å². The van der Waals surface area contributed by atoms with Gasteiger partial charge in [-0.3, -0.25) is 9.69 Å². The van der Waals surface area contributed by atoms with E-state index in [1.54, 1.807) is 0 Å². The Hall–Kier alpha value is -2.20. The Bertz CT molecular complexity index is 1340. The van der Waals surface area contributed by atoms with Gasteiger partial charge in [-0.25, -0.2) is 4.79 Å². The van der Waals surface area contributed by atoms with Crippen molar-refractivity contribution in [2.75, 3.05) is 66.5 Å². The van der Waals surface area contributed by atoms with Crippen molar-refractivity contribution in [2.24, 2.45) is 0 Å². The first-order chi connectivity index (χ1) is 24.8. The molecule has 1 saturated carbocycles. The van der Waals surface area contributed by atoms with Crippen molar-refractivity contribution in [1.29, 1.82) is 0 Å². The molecule has 4 fully saturated rings. The zero-order valence-corrected chi connectivity index (χ0v) is 34.1. The Morgan fingerprint density at radius 1 is 0.750 bits per heavy atom. The van der Waals surface area contributed by atoms with Gasteiger partial charge in [0, 0.05) is 73.7 Å². The smallest absolute Gasteiger partial charge is 0.410 e. The third kappa shape index (κ3) is 15.6. The van der Waals surface area contributed by atoms with E-state index in [4.69, 9.17) is 27.9 Å². The summed E-state index contributed by atoms with van der Waals surface area (Å²) in [5.74, 6) is 0.464. The molecule has 1 N–H and O–H groups in total. The van der Waals surface area contributed by atoms with Gasteiger partial charge < -0.3 is 24.8 Å². The predicted octanol–water partition coefficient (Wildman–Crippen LogP) is 7.98. The molecule has 0 bridgehead atoms. The fraction of sp³-hybridized carbons (Fsp3) is 0.667. The molecule has 10 heteroatoms. The van der Waals surface area contributed by atoms with Crippen LogP contribution in [0.5, 0.6) is 0 Å². The van der Waals surface area contributed by atoms with Crippen molar-refractivity contribution >= 4 is 35.1 Å². The lowest BCUT2D eigenvalue weighted by Crippen LogP contribution is -2.52. The van der Waals surface area contributed by atoms with Crippen LogP contribution in [0, 0.1) is 0 Å². The van der Waals surface area contributed by atoms with Gasteiger partial charge in [-0.15, -0.1) is 0 Å². The van der Waals surface area contributed by atoms with Gasteiger partial charge in [-0.2, -0.15) is 0 Å². The Morgan fingerprint density at radius 3 is 1.87 bits per heavy atom. The number of ketones is 1. The molecule has 8 nitrogen and oxygen atoms in total. The van der Waals surface area contributed by atoms with Crippen molar-refractivity contribution in [2.45, 2.75) is 115 Å². The minimum atomic E-state index is -0.438. The summed E-state index contributed by atoms with van der Waals surface area (Å²) >= 11 is 12.0. The number of likely N-dealkylation sites (N-methyl/N-ethyl adjacent to an activating group) is 2. The lowest BCUT2D eigenvalue weighted by Gasteiger charge is -2.42. The number of halogens is 2. The molecule has 0 aromatic heterocycles. The van der Waals surface area contributed by atoms with Crippen LogP contribution in [0.4, 0.5) is 4.79 Å². The highest BCUT2D eigenvalue weighted by molar-refractivity contribution is 6.30. The van der Waals surface area contributed by atoms with Crippen LogP contribution in [0.1, 0.15) is 89.7 Å². The van der Waals surface area contributed by atoms with Gasteiger partial charge in [0.15, 0.2) is 0 Å². The molecule has 2 aromatic carbocycles. The van der Waals surface area contributed by atoms with Crippen LogP contribution in [-0.4, -0.2) is 122 Å². The molecule has 1 amide bonds. The monoisotopic (exact) mass is 757 g/mol. The molecular formula is C42H65Cl2N5O3. The summed E-state index contributed by atoms with van der Waals surface area (Å²) in [6.45, 7) is 14.1. The molecule has 0 radical (unpaired) electrons. The van der Waals surface area contributed by atoms with Gasteiger partial charge in [0.1, 0.15) is 11.4 Å². The van der Waals surface area contributed by atoms with Crippen LogP contribution in [-0.2, 0) is 22.4 Å². The molecule has 2 aromatic rings. The Kier molecular flexibility index (Phi) is 17.7. The van der Waals surface area contributed by atoms with Crippen LogP contribution >= 0.6 is 23.2 Å². The van der Waals surface area contributed by atoms with Crippen LogP contribution in [0.2, 0.25) is 10.0 Å². The number of Topliss-reactive ketones (excluding diaryl/α,β-unsaturated/α-hetero) is 1. The molecule has 6 rings (SSSR count). The van der Waals surface area contributed by atoms with E-state index in [0.717, 1.165) is 107 Å². The Morgan fingerprint density at radius 2 is 1.31 bits per heavy atom. The van der Waals surface area contributed by atoms with Crippen molar-refractivity contribution in [3.05, 3.63) is 69.7 Å². The number of amides is 1. The maximum Gasteiger partial charge on any atom is 0.410 e. The Balaban J connectivity index is 0.000000217. The Labute approximate surface area is 324 Å². The number of carbonyl (C=O) groups is 2. The highest BCUT2D eigenvalue weighted by atomic mass is 35.5. The second kappa shape index (κ2) is 21.6. The van der Waals surface area contributed by atoms with E-state index >= 15 is 0 Å². The van der Waals surface area contributed by atoms with Gasteiger partial charge in [0.2, 0.25) is 0 Å². The number of hydrogen-bond donors (Lipinski definition) is 1. The first-order valence-electron chi connectivity index (χ1n) is 19.7. The fourth-order valence-electron chi connectivity index (χ4n) is 7.70. The van der Waals surface area contributed by atoms with Crippen LogP contribution in [0.15, 0.2) is 48.5 Å². The number of nitrogens with one attached hydrogen (secondary N) is 1. The van der Waals surface area contributed by atoms with Crippen molar-refractivity contribution in [3.8, 4) is 0 Å². The average Bonchev–Trinajstić information content (AvgIpc) is 3.43. The summed E-state index contributed by atoms with van der Waals surface area (Å²) < 4.78 is 5.56. The molecule has 290 valence electrons. The molecule has 52 heavy (non-hydrogen) atoms. The summed E-state index contributed by atoms with van der Waals surface area (Å²) in [6, 6.07) is 18.0. The maximum atomic E-state index is 12.4. The highest BCUT2D eigenvalue weighted by Crippen LogP contribution is 2.25. The summed E-state index contributed by atoms with van der Waals surface area (Å²) in [4.78, 5) is 32.3. The van der Waals surface area contributed by atoms with E-state index in [1.165, 1.54) is 36.9 Å². The molecule has 2 atom stereocenters. The first-order valence-corrected chi connectivity index (χ1v) is 20.4. The number of rotatable bonds is 5. The highest BCUT2D eigenvalue weighted by Gasteiger charge is 2.34.